The SMILES string of the molecule is CCn1ncc(C)c1CNCCN1CCOCC1. The van der Waals surface area contributed by atoms with Crippen molar-refractivity contribution in [2.24, 2.45) is 0 Å². The Morgan fingerprint density at radius 2 is 2.17 bits per heavy atom. The van der Waals surface area contributed by atoms with Crippen molar-refractivity contribution in [3.05, 3.63) is 17.5 Å². The van der Waals surface area contributed by atoms with Gasteiger partial charge in [-0.15, -0.1) is 0 Å². The molecule has 0 saturated carbocycles. The summed E-state index contributed by atoms with van der Waals surface area (Å²) in [5, 5.41) is 7.86. The molecule has 1 aliphatic heterocycles. The molecule has 1 N–H and O–H groups in total. The highest BCUT2D eigenvalue weighted by Crippen LogP contribution is 2.06. The van der Waals surface area contributed by atoms with Crippen molar-refractivity contribution in [1.29, 1.82) is 0 Å². The van der Waals surface area contributed by atoms with Crippen LogP contribution in [-0.4, -0.2) is 54.1 Å². The Hall–Kier alpha value is -0.910. The largest absolute Gasteiger partial charge is 0.379 e. The number of ether oxygens (including phenoxy) is 1. The van der Waals surface area contributed by atoms with Gasteiger partial charge in [0.05, 0.1) is 25.1 Å². The second kappa shape index (κ2) is 6.87. The number of hydrogen-bond acceptors (Lipinski definition) is 4. The number of nitrogens with zero attached hydrogens (tertiary/aromatic N) is 3. The summed E-state index contributed by atoms with van der Waals surface area (Å²) in [6, 6.07) is 0. The van der Waals surface area contributed by atoms with E-state index in [9.17, 15) is 0 Å². The topological polar surface area (TPSA) is 42.3 Å². The van der Waals surface area contributed by atoms with Crippen molar-refractivity contribution in [2.75, 3.05) is 39.4 Å². The Bertz CT molecular complexity index is 358. The van der Waals surface area contributed by atoms with Crippen LogP contribution in [0.1, 0.15) is 18.2 Å². The Balaban J connectivity index is 1.69. The standard InChI is InChI=1S/C13H24N4O/c1-3-17-13(12(2)10-15-17)11-14-4-5-16-6-8-18-9-7-16/h10,14H,3-9,11H2,1-2H3. The molecule has 0 amide bonds. The van der Waals surface area contributed by atoms with Gasteiger partial charge in [-0.25, -0.2) is 0 Å². The summed E-state index contributed by atoms with van der Waals surface area (Å²) < 4.78 is 7.40. The zero-order chi connectivity index (χ0) is 12.8. The molecule has 0 bridgehead atoms. The second-order valence-electron chi connectivity index (χ2n) is 4.72. The summed E-state index contributed by atoms with van der Waals surface area (Å²) >= 11 is 0. The van der Waals surface area contributed by atoms with Gasteiger partial charge in [0.1, 0.15) is 0 Å². The predicted molar refractivity (Wildman–Crippen MR) is 71.6 cm³/mol. The third kappa shape index (κ3) is 3.54. The van der Waals surface area contributed by atoms with E-state index in [1.165, 1.54) is 11.3 Å². The van der Waals surface area contributed by atoms with Crippen LogP contribution in [0, 0.1) is 6.92 Å². The zero-order valence-corrected chi connectivity index (χ0v) is 11.5. The first-order valence-corrected chi connectivity index (χ1v) is 6.83. The number of aryl methyl sites for hydroxylation is 2. The molecule has 1 fully saturated rings. The molecule has 0 aromatic carbocycles. The van der Waals surface area contributed by atoms with Crippen LogP contribution in [0.4, 0.5) is 0 Å². The van der Waals surface area contributed by atoms with Crippen LogP contribution in [0.5, 0.6) is 0 Å². The van der Waals surface area contributed by atoms with Crippen molar-refractivity contribution in [3.63, 3.8) is 0 Å². The summed E-state index contributed by atoms with van der Waals surface area (Å²) in [6.07, 6.45) is 1.95. The highest BCUT2D eigenvalue weighted by molar-refractivity contribution is 5.15. The molecule has 5 nitrogen and oxygen atoms in total. The molecule has 0 atom stereocenters. The van der Waals surface area contributed by atoms with E-state index in [1.54, 1.807) is 0 Å². The van der Waals surface area contributed by atoms with Crippen LogP contribution in [0.25, 0.3) is 0 Å². The molecule has 2 rings (SSSR count). The average Bonchev–Trinajstić information content (AvgIpc) is 2.77. The van der Waals surface area contributed by atoms with Crippen molar-refractivity contribution in [1.82, 2.24) is 20.0 Å². The lowest BCUT2D eigenvalue weighted by Crippen LogP contribution is -2.40. The summed E-state index contributed by atoms with van der Waals surface area (Å²) in [5.74, 6) is 0. The molecule has 102 valence electrons. The Kier molecular flexibility index (Phi) is 5.16. The summed E-state index contributed by atoms with van der Waals surface area (Å²) in [6.45, 7) is 12.1. The van der Waals surface area contributed by atoms with E-state index in [-0.39, 0.29) is 0 Å². The minimum atomic E-state index is 0.877. The molecule has 0 spiro atoms. The fraction of sp³-hybridized carbons (Fsp3) is 0.769. The van der Waals surface area contributed by atoms with Crippen molar-refractivity contribution in [2.45, 2.75) is 26.9 Å². The molecule has 0 aliphatic carbocycles. The van der Waals surface area contributed by atoms with E-state index in [4.69, 9.17) is 4.74 Å². The van der Waals surface area contributed by atoms with Crippen LogP contribution < -0.4 is 5.32 Å². The minimum absolute atomic E-state index is 0.877. The maximum Gasteiger partial charge on any atom is 0.0594 e. The van der Waals surface area contributed by atoms with Gasteiger partial charge < -0.3 is 10.1 Å². The molecule has 1 saturated heterocycles. The van der Waals surface area contributed by atoms with E-state index in [2.05, 4.69) is 33.8 Å². The van der Waals surface area contributed by atoms with Crippen molar-refractivity contribution < 1.29 is 4.74 Å². The smallest absolute Gasteiger partial charge is 0.0594 e. The lowest BCUT2D eigenvalue weighted by molar-refractivity contribution is 0.0384. The van der Waals surface area contributed by atoms with Gasteiger partial charge in [-0.1, -0.05) is 0 Å². The number of aromatic nitrogens is 2. The van der Waals surface area contributed by atoms with E-state index in [1.807, 2.05) is 6.20 Å². The molecule has 2 heterocycles. The van der Waals surface area contributed by atoms with E-state index < -0.39 is 0 Å². The fourth-order valence-corrected chi connectivity index (χ4v) is 2.28. The maximum absolute atomic E-state index is 5.34. The van der Waals surface area contributed by atoms with Gasteiger partial charge in [0.2, 0.25) is 0 Å². The van der Waals surface area contributed by atoms with Gasteiger partial charge in [0.25, 0.3) is 0 Å². The maximum atomic E-state index is 5.34. The van der Waals surface area contributed by atoms with Crippen molar-refractivity contribution in [3.8, 4) is 0 Å². The normalized spacial score (nSPS) is 17.2. The van der Waals surface area contributed by atoms with Crippen LogP contribution in [0.3, 0.4) is 0 Å². The number of nitrogens with one attached hydrogen (secondary N) is 1. The van der Waals surface area contributed by atoms with E-state index >= 15 is 0 Å². The highest BCUT2D eigenvalue weighted by atomic mass is 16.5. The molecule has 5 heteroatoms. The van der Waals surface area contributed by atoms with Gasteiger partial charge in [0.15, 0.2) is 0 Å². The molecule has 0 unspecified atom stereocenters. The van der Waals surface area contributed by atoms with E-state index in [0.29, 0.717) is 0 Å². The molecule has 1 aromatic heterocycles. The number of hydrogen-bond donors (Lipinski definition) is 1. The number of rotatable bonds is 6. The monoisotopic (exact) mass is 252 g/mol. The molecule has 18 heavy (non-hydrogen) atoms. The minimum Gasteiger partial charge on any atom is -0.379 e. The van der Waals surface area contributed by atoms with Crippen LogP contribution in [0.2, 0.25) is 0 Å². The van der Waals surface area contributed by atoms with Crippen LogP contribution in [-0.2, 0) is 17.8 Å². The first kappa shape index (κ1) is 13.5. The molecular weight excluding hydrogens is 228 g/mol. The third-order valence-electron chi connectivity index (χ3n) is 3.46. The Labute approximate surface area is 109 Å². The summed E-state index contributed by atoms with van der Waals surface area (Å²) in [4.78, 5) is 2.44. The average molecular weight is 252 g/mol. The van der Waals surface area contributed by atoms with E-state index in [0.717, 1.165) is 52.5 Å². The quantitative estimate of drug-likeness (QED) is 0.754. The predicted octanol–water partition coefficient (Wildman–Crippen LogP) is 0.633. The molecular formula is C13H24N4O. The van der Waals surface area contributed by atoms with Gasteiger partial charge >= 0.3 is 0 Å². The Morgan fingerprint density at radius 3 is 2.89 bits per heavy atom. The summed E-state index contributed by atoms with van der Waals surface area (Å²) in [7, 11) is 0. The summed E-state index contributed by atoms with van der Waals surface area (Å²) in [5.41, 5.74) is 2.58. The molecule has 1 aliphatic rings. The first-order chi connectivity index (χ1) is 8.81. The fourth-order valence-electron chi connectivity index (χ4n) is 2.28. The van der Waals surface area contributed by atoms with Crippen LogP contribution in [0.15, 0.2) is 6.20 Å². The van der Waals surface area contributed by atoms with Gasteiger partial charge in [-0.3, -0.25) is 9.58 Å². The second-order valence-corrected chi connectivity index (χ2v) is 4.72. The third-order valence-corrected chi connectivity index (χ3v) is 3.46. The van der Waals surface area contributed by atoms with Gasteiger partial charge in [-0.05, 0) is 19.4 Å². The lowest BCUT2D eigenvalue weighted by Gasteiger charge is -2.26. The molecule has 0 radical (unpaired) electrons. The van der Waals surface area contributed by atoms with Crippen LogP contribution >= 0.6 is 0 Å². The van der Waals surface area contributed by atoms with Crippen molar-refractivity contribution >= 4 is 0 Å². The zero-order valence-electron chi connectivity index (χ0n) is 11.5. The lowest BCUT2D eigenvalue weighted by atomic mass is 10.2. The number of morpholine rings is 1. The highest BCUT2D eigenvalue weighted by Gasteiger charge is 2.10. The first-order valence-electron chi connectivity index (χ1n) is 6.83. The molecule has 1 aromatic rings. The van der Waals surface area contributed by atoms with Gasteiger partial charge in [-0.2, -0.15) is 5.10 Å². The Morgan fingerprint density at radius 1 is 1.39 bits per heavy atom. The van der Waals surface area contributed by atoms with Gasteiger partial charge in [0, 0.05) is 39.3 Å².